The first-order chi connectivity index (χ1) is 13.5. The van der Waals surface area contributed by atoms with Crippen LogP contribution in [0.2, 0.25) is 0 Å². The van der Waals surface area contributed by atoms with Gasteiger partial charge in [0.2, 0.25) is 11.8 Å². The first-order valence-corrected chi connectivity index (χ1v) is 9.67. The minimum atomic E-state index is -0.398. The lowest BCUT2D eigenvalue weighted by Crippen LogP contribution is -2.28. The lowest BCUT2D eigenvalue weighted by molar-refractivity contribution is -0.122. The summed E-state index contributed by atoms with van der Waals surface area (Å²) in [5, 5.41) is 2.91. The molecule has 1 aromatic heterocycles. The third-order valence-corrected chi connectivity index (χ3v) is 5.69. The second-order valence-corrected chi connectivity index (χ2v) is 7.63. The van der Waals surface area contributed by atoms with Crippen LogP contribution in [0.3, 0.4) is 0 Å². The molecule has 2 amide bonds. The summed E-state index contributed by atoms with van der Waals surface area (Å²) in [6.07, 6.45) is 3.18. The molecule has 0 aliphatic carbocycles. The second-order valence-electron chi connectivity index (χ2n) is 6.77. The first kappa shape index (κ1) is 18.4. The van der Waals surface area contributed by atoms with Crippen molar-refractivity contribution in [1.29, 1.82) is 0 Å². The van der Waals surface area contributed by atoms with Crippen LogP contribution in [-0.4, -0.2) is 23.3 Å². The lowest BCUT2D eigenvalue weighted by Gasteiger charge is -2.18. The Bertz CT molecular complexity index is 1030. The van der Waals surface area contributed by atoms with Crippen LogP contribution < -0.4 is 10.2 Å². The molecule has 7 heteroatoms. The zero-order valence-corrected chi connectivity index (χ0v) is 16.8. The topological polar surface area (TPSA) is 75.4 Å². The predicted molar refractivity (Wildman–Crippen MR) is 110 cm³/mol. The van der Waals surface area contributed by atoms with Crippen LogP contribution in [0.25, 0.3) is 11.3 Å². The summed E-state index contributed by atoms with van der Waals surface area (Å²) in [5.41, 5.74) is 3.34. The van der Waals surface area contributed by atoms with Crippen molar-refractivity contribution in [2.45, 2.75) is 13.3 Å². The highest BCUT2D eigenvalue weighted by atomic mass is 79.9. The minimum Gasteiger partial charge on any atom is -0.444 e. The van der Waals surface area contributed by atoms with Crippen molar-refractivity contribution in [1.82, 2.24) is 4.98 Å². The van der Waals surface area contributed by atoms with Crippen molar-refractivity contribution < 1.29 is 14.0 Å². The number of anilines is 2. The molecule has 1 unspecified atom stereocenters. The SMILES string of the molecule is Cc1cc(N2CC(C(=O)Nc3cccc(-c4cnco4)c3)CC2=O)ccc1Br. The van der Waals surface area contributed by atoms with Gasteiger partial charge in [-0.3, -0.25) is 9.59 Å². The molecule has 1 aliphatic heterocycles. The molecule has 1 N–H and O–H groups in total. The normalized spacial score (nSPS) is 16.4. The van der Waals surface area contributed by atoms with Crippen molar-refractivity contribution in [3.63, 3.8) is 0 Å². The molecule has 1 saturated heterocycles. The quantitative estimate of drug-likeness (QED) is 0.653. The Morgan fingerprint density at radius 1 is 1.29 bits per heavy atom. The summed E-state index contributed by atoms with van der Waals surface area (Å²) in [6.45, 7) is 2.34. The highest BCUT2D eigenvalue weighted by molar-refractivity contribution is 9.10. The molecule has 1 atom stereocenters. The summed E-state index contributed by atoms with van der Waals surface area (Å²) in [4.78, 5) is 30.8. The van der Waals surface area contributed by atoms with E-state index < -0.39 is 5.92 Å². The van der Waals surface area contributed by atoms with Crippen LogP contribution in [-0.2, 0) is 9.59 Å². The van der Waals surface area contributed by atoms with Crippen LogP contribution in [0.15, 0.2) is 63.9 Å². The Balaban J connectivity index is 1.47. The Labute approximate surface area is 170 Å². The van der Waals surface area contributed by atoms with E-state index in [1.54, 1.807) is 11.1 Å². The Morgan fingerprint density at radius 2 is 2.14 bits per heavy atom. The number of carbonyl (C=O) groups excluding carboxylic acids is 2. The van der Waals surface area contributed by atoms with Gasteiger partial charge < -0.3 is 14.6 Å². The molecule has 0 bridgehead atoms. The molecular formula is C21H18BrN3O3. The molecule has 4 rings (SSSR count). The number of aryl methyl sites for hydroxylation is 1. The third-order valence-electron chi connectivity index (χ3n) is 4.80. The Kier molecular flexibility index (Phi) is 5.00. The number of hydrogen-bond acceptors (Lipinski definition) is 4. The molecule has 0 saturated carbocycles. The molecule has 28 heavy (non-hydrogen) atoms. The van der Waals surface area contributed by atoms with Crippen LogP contribution in [0, 0.1) is 12.8 Å². The smallest absolute Gasteiger partial charge is 0.229 e. The number of benzene rings is 2. The van der Waals surface area contributed by atoms with Crippen molar-refractivity contribution in [2.75, 3.05) is 16.8 Å². The van der Waals surface area contributed by atoms with Gasteiger partial charge in [0.05, 0.1) is 12.1 Å². The van der Waals surface area contributed by atoms with Gasteiger partial charge >= 0.3 is 0 Å². The molecule has 0 radical (unpaired) electrons. The van der Waals surface area contributed by atoms with Crippen molar-refractivity contribution in [3.05, 3.63) is 65.1 Å². The molecule has 6 nitrogen and oxygen atoms in total. The number of nitrogens with one attached hydrogen (secondary N) is 1. The lowest BCUT2D eigenvalue weighted by atomic mass is 10.1. The van der Waals surface area contributed by atoms with Gasteiger partial charge in [-0.2, -0.15) is 0 Å². The van der Waals surface area contributed by atoms with Gasteiger partial charge in [0.1, 0.15) is 0 Å². The molecule has 3 aromatic rings. The second kappa shape index (κ2) is 7.59. The van der Waals surface area contributed by atoms with Gasteiger partial charge in [-0.05, 0) is 42.8 Å². The first-order valence-electron chi connectivity index (χ1n) is 8.87. The molecule has 2 heterocycles. The minimum absolute atomic E-state index is 0.0442. The predicted octanol–water partition coefficient (Wildman–Crippen LogP) is 4.40. The fraction of sp³-hybridized carbons (Fsp3) is 0.190. The van der Waals surface area contributed by atoms with Gasteiger partial charge in [0.15, 0.2) is 12.2 Å². The van der Waals surface area contributed by atoms with Crippen molar-refractivity contribution in [2.24, 2.45) is 5.92 Å². The maximum atomic E-state index is 12.7. The molecular weight excluding hydrogens is 422 g/mol. The van der Waals surface area contributed by atoms with Crippen LogP contribution >= 0.6 is 15.9 Å². The van der Waals surface area contributed by atoms with E-state index in [0.29, 0.717) is 18.0 Å². The van der Waals surface area contributed by atoms with Gasteiger partial charge in [-0.1, -0.05) is 28.1 Å². The summed E-state index contributed by atoms with van der Waals surface area (Å²) < 4.78 is 6.29. The number of amides is 2. The number of halogens is 1. The summed E-state index contributed by atoms with van der Waals surface area (Å²) in [5.74, 6) is 0.0194. The highest BCUT2D eigenvalue weighted by Gasteiger charge is 2.35. The molecule has 2 aromatic carbocycles. The largest absolute Gasteiger partial charge is 0.444 e. The van der Waals surface area contributed by atoms with E-state index in [2.05, 4.69) is 26.2 Å². The van der Waals surface area contributed by atoms with Crippen molar-refractivity contribution in [3.8, 4) is 11.3 Å². The zero-order chi connectivity index (χ0) is 19.7. The molecule has 1 fully saturated rings. The summed E-state index contributed by atoms with van der Waals surface area (Å²) in [7, 11) is 0. The van der Waals surface area contributed by atoms with E-state index in [9.17, 15) is 9.59 Å². The van der Waals surface area contributed by atoms with Crippen LogP contribution in [0.4, 0.5) is 11.4 Å². The third kappa shape index (κ3) is 3.71. The monoisotopic (exact) mass is 439 g/mol. The average Bonchev–Trinajstić information content (AvgIpc) is 3.34. The van der Waals surface area contributed by atoms with Gasteiger partial charge in [-0.25, -0.2) is 4.98 Å². The molecule has 1 aliphatic rings. The van der Waals surface area contributed by atoms with E-state index in [-0.39, 0.29) is 18.2 Å². The van der Waals surface area contributed by atoms with Crippen molar-refractivity contribution >= 4 is 39.1 Å². The van der Waals surface area contributed by atoms with Crippen LogP contribution in [0.1, 0.15) is 12.0 Å². The fourth-order valence-corrected chi connectivity index (χ4v) is 3.53. The van der Waals surface area contributed by atoms with Gasteiger partial charge in [-0.15, -0.1) is 0 Å². The Morgan fingerprint density at radius 3 is 2.89 bits per heavy atom. The van der Waals surface area contributed by atoms with Crippen LogP contribution in [0.5, 0.6) is 0 Å². The average molecular weight is 440 g/mol. The van der Waals surface area contributed by atoms with Gasteiger partial charge in [0, 0.05) is 34.4 Å². The number of rotatable bonds is 4. The summed E-state index contributed by atoms with van der Waals surface area (Å²) >= 11 is 3.47. The number of carbonyl (C=O) groups is 2. The standard InChI is InChI=1S/C21H18BrN3O3/c1-13-7-17(5-6-18(13)22)25-11-15(9-20(25)26)21(27)24-16-4-2-3-14(8-16)19-10-23-12-28-19/h2-8,10,12,15H,9,11H2,1H3,(H,24,27). The maximum absolute atomic E-state index is 12.7. The maximum Gasteiger partial charge on any atom is 0.229 e. The Hall–Kier alpha value is -2.93. The van der Waals surface area contributed by atoms with E-state index >= 15 is 0 Å². The molecule has 0 spiro atoms. The van der Waals surface area contributed by atoms with E-state index in [0.717, 1.165) is 21.3 Å². The fourth-order valence-electron chi connectivity index (χ4n) is 3.28. The zero-order valence-electron chi connectivity index (χ0n) is 15.2. The summed E-state index contributed by atoms with van der Waals surface area (Å²) in [6, 6.07) is 13.1. The van der Waals surface area contributed by atoms with E-state index in [1.807, 2.05) is 49.4 Å². The molecule has 142 valence electrons. The number of oxazole rings is 1. The number of hydrogen-bond donors (Lipinski definition) is 1. The van der Waals surface area contributed by atoms with Gasteiger partial charge in [0.25, 0.3) is 0 Å². The van der Waals surface area contributed by atoms with E-state index in [1.165, 1.54) is 6.39 Å². The number of aromatic nitrogens is 1. The highest BCUT2D eigenvalue weighted by Crippen LogP contribution is 2.29. The van der Waals surface area contributed by atoms with E-state index in [4.69, 9.17) is 4.42 Å². The number of nitrogens with zero attached hydrogens (tertiary/aromatic N) is 2.